The summed E-state index contributed by atoms with van der Waals surface area (Å²) in [5.74, 6) is -4.33. The average molecular weight is 809 g/mol. The molecule has 3 unspecified atom stereocenters. The number of carbonyl (C=O) groups excluding carboxylic acids is 5. The molecule has 56 heavy (non-hydrogen) atoms. The lowest BCUT2D eigenvalue weighted by atomic mass is 9.87. The molecule has 2 saturated heterocycles. The number of alkyl carbamates (subject to hydrolysis) is 1. The normalized spacial score (nSPS) is 19.8. The molecule has 17 nitrogen and oxygen atoms in total. The Hall–Kier alpha value is -5.95. The van der Waals surface area contributed by atoms with E-state index in [1.807, 2.05) is 12.1 Å². The molecule has 0 radical (unpaired) electrons. The number of carbonyl (C=O) groups is 6. The molecule has 3 aromatic rings. The van der Waals surface area contributed by atoms with Gasteiger partial charge in [0.25, 0.3) is 5.91 Å². The second-order valence-corrected chi connectivity index (χ2v) is 15.6. The first-order chi connectivity index (χ1) is 26.6. The Balaban J connectivity index is 1.24. The molecule has 0 saturated carbocycles. The zero-order valence-corrected chi connectivity index (χ0v) is 32.2. The number of nitrogens with one attached hydrogen (secondary N) is 2. The number of aromatic nitrogens is 1. The Morgan fingerprint density at radius 1 is 1.11 bits per heavy atom. The summed E-state index contributed by atoms with van der Waals surface area (Å²) >= 11 is 2.18. The standard InChI is InChI=1S/C37H40N6O11S2/c1-5-37(33(48)49)19-43-30(46)27(31(43)56-20-37)41-29(45)26(24-18-55-34(38)39-24)42-52-17-25(44)51-16-23(40-35(50)54-36(2,3)4)32(47)53-28(21-12-8-6-9-13-21)22-14-10-7-11-15-22/h5-15,18,23,27-28,31H,1,16-17,19-20H2,2-4H3,(H2,38,39)(H,40,50)(H,41,45)(H,48,49)/t23?,27?,31-,37?/m1/s1. The number of benzene rings is 2. The van der Waals surface area contributed by atoms with Crippen LogP contribution in [0.25, 0.3) is 0 Å². The monoisotopic (exact) mass is 808 g/mol. The molecule has 5 rings (SSSR count). The van der Waals surface area contributed by atoms with Crippen LogP contribution < -0.4 is 16.4 Å². The molecule has 3 amide bonds. The van der Waals surface area contributed by atoms with Gasteiger partial charge in [0.1, 0.15) is 34.7 Å². The zero-order chi connectivity index (χ0) is 40.6. The van der Waals surface area contributed by atoms with Crippen LogP contribution in [0.3, 0.4) is 0 Å². The van der Waals surface area contributed by atoms with Crippen LogP contribution in [0.1, 0.15) is 43.7 Å². The molecule has 0 spiro atoms. The number of thiazole rings is 1. The minimum Gasteiger partial charge on any atom is -0.481 e. The minimum absolute atomic E-state index is 0.00870. The number of fused-ring (bicyclic) bond motifs is 1. The molecule has 0 bridgehead atoms. The number of hydrogen-bond acceptors (Lipinski definition) is 15. The molecule has 2 aromatic carbocycles. The van der Waals surface area contributed by atoms with Crippen LogP contribution in [0.4, 0.5) is 9.93 Å². The van der Waals surface area contributed by atoms with Crippen LogP contribution >= 0.6 is 23.1 Å². The third-order valence-electron chi connectivity index (χ3n) is 8.35. The van der Waals surface area contributed by atoms with Gasteiger partial charge in [0.15, 0.2) is 23.0 Å². The number of β-lactam (4-membered cyclic amide) rings is 1. The molecule has 296 valence electrons. The third-order valence-corrected chi connectivity index (χ3v) is 10.6. The topological polar surface area (TPSA) is 238 Å². The summed E-state index contributed by atoms with van der Waals surface area (Å²) in [6.45, 7) is 6.87. The summed E-state index contributed by atoms with van der Waals surface area (Å²) in [6, 6.07) is 15.3. The van der Waals surface area contributed by atoms with E-state index in [0.29, 0.717) is 11.1 Å². The van der Waals surface area contributed by atoms with Gasteiger partial charge in [-0.3, -0.25) is 14.4 Å². The van der Waals surface area contributed by atoms with Gasteiger partial charge < -0.3 is 45.4 Å². The van der Waals surface area contributed by atoms with Crippen molar-refractivity contribution in [2.45, 2.75) is 49.9 Å². The van der Waals surface area contributed by atoms with Crippen molar-refractivity contribution in [3.63, 3.8) is 0 Å². The van der Waals surface area contributed by atoms with Gasteiger partial charge in [-0.2, -0.15) is 0 Å². The second kappa shape index (κ2) is 17.7. The van der Waals surface area contributed by atoms with Crippen molar-refractivity contribution in [2.75, 3.05) is 31.2 Å². The molecule has 19 heteroatoms. The predicted molar refractivity (Wildman–Crippen MR) is 204 cm³/mol. The number of thioether (sulfide) groups is 1. The van der Waals surface area contributed by atoms with Gasteiger partial charge in [0, 0.05) is 17.7 Å². The maximum absolute atomic E-state index is 13.6. The molecule has 3 heterocycles. The number of aliphatic carboxylic acids is 1. The van der Waals surface area contributed by atoms with Gasteiger partial charge >= 0.3 is 24.0 Å². The van der Waals surface area contributed by atoms with E-state index < -0.39 is 89.3 Å². The van der Waals surface area contributed by atoms with Crippen LogP contribution in [0.5, 0.6) is 0 Å². The number of rotatable bonds is 15. The lowest BCUT2D eigenvalue weighted by Gasteiger charge is -2.53. The molecular weight excluding hydrogens is 769 g/mol. The van der Waals surface area contributed by atoms with Gasteiger partial charge in [-0.25, -0.2) is 19.4 Å². The summed E-state index contributed by atoms with van der Waals surface area (Å²) in [4.78, 5) is 88.0. The number of carboxylic acids is 1. The highest BCUT2D eigenvalue weighted by Gasteiger charge is 2.56. The maximum Gasteiger partial charge on any atom is 0.408 e. The average Bonchev–Trinajstić information content (AvgIpc) is 3.60. The van der Waals surface area contributed by atoms with Crippen molar-refractivity contribution in [1.82, 2.24) is 20.5 Å². The van der Waals surface area contributed by atoms with E-state index in [2.05, 4.69) is 27.4 Å². The largest absolute Gasteiger partial charge is 0.481 e. The molecule has 2 aliphatic rings. The fraction of sp³-hybridized carbons (Fsp3) is 0.351. The van der Waals surface area contributed by atoms with E-state index in [4.69, 9.17) is 24.8 Å². The van der Waals surface area contributed by atoms with E-state index in [-0.39, 0.29) is 23.1 Å². The van der Waals surface area contributed by atoms with E-state index in [1.165, 1.54) is 28.1 Å². The van der Waals surface area contributed by atoms with Crippen molar-refractivity contribution in [2.24, 2.45) is 10.6 Å². The molecule has 4 atom stereocenters. The second-order valence-electron chi connectivity index (χ2n) is 13.6. The van der Waals surface area contributed by atoms with Gasteiger partial charge in [-0.05, 0) is 31.9 Å². The number of amides is 3. The van der Waals surface area contributed by atoms with Crippen LogP contribution in [-0.4, -0.2) is 105 Å². The minimum atomic E-state index is -1.52. The van der Waals surface area contributed by atoms with Gasteiger partial charge in [-0.15, -0.1) is 29.7 Å². The van der Waals surface area contributed by atoms with Crippen molar-refractivity contribution >= 4 is 69.8 Å². The van der Waals surface area contributed by atoms with E-state index in [0.717, 1.165) is 11.3 Å². The fourth-order valence-corrected chi connectivity index (χ4v) is 7.60. The number of ether oxygens (including phenoxy) is 3. The maximum atomic E-state index is 13.6. The summed E-state index contributed by atoms with van der Waals surface area (Å²) in [7, 11) is 0. The van der Waals surface area contributed by atoms with Crippen LogP contribution in [0.15, 0.2) is 83.9 Å². The number of esters is 2. The molecule has 2 aliphatic heterocycles. The number of nitrogen functional groups attached to an aromatic ring is 1. The van der Waals surface area contributed by atoms with Gasteiger partial charge in [-0.1, -0.05) is 71.9 Å². The van der Waals surface area contributed by atoms with Crippen molar-refractivity contribution in [3.05, 3.63) is 95.5 Å². The van der Waals surface area contributed by atoms with Crippen LogP contribution in [0, 0.1) is 5.41 Å². The lowest BCUT2D eigenvalue weighted by Crippen LogP contribution is -2.73. The van der Waals surface area contributed by atoms with Crippen LogP contribution in [-0.2, 0) is 43.0 Å². The molecular formula is C37H40N6O11S2. The fourth-order valence-electron chi connectivity index (χ4n) is 5.51. The summed E-state index contributed by atoms with van der Waals surface area (Å²) in [5, 5.41) is 19.4. The Morgan fingerprint density at radius 3 is 2.30 bits per heavy atom. The number of nitrogens with two attached hydrogens (primary N) is 1. The lowest BCUT2D eigenvalue weighted by molar-refractivity contribution is -0.157. The highest BCUT2D eigenvalue weighted by Crippen LogP contribution is 2.42. The Morgan fingerprint density at radius 2 is 1.75 bits per heavy atom. The summed E-state index contributed by atoms with van der Waals surface area (Å²) in [5.41, 5.74) is 4.41. The van der Waals surface area contributed by atoms with Gasteiger partial charge in [0.2, 0.25) is 12.5 Å². The molecule has 5 N–H and O–H groups in total. The quantitative estimate of drug-likeness (QED) is 0.0432. The first kappa shape index (κ1) is 41.2. The van der Waals surface area contributed by atoms with Crippen molar-refractivity contribution in [1.29, 1.82) is 0 Å². The molecule has 1 aromatic heterocycles. The van der Waals surface area contributed by atoms with E-state index >= 15 is 0 Å². The number of anilines is 1. The number of hydrogen-bond donors (Lipinski definition) is 4. The van der Waals surface area contributed by atoms with E-state index in [9.17, 15) is 33.9 Å². The number of oxime groups is 1. The molecule has 2 fully saturated rings. The zero-order valence-electron chi connectivity index (χ0n) is 30.5. The Bertz CT molecular complexity index is 1950. The number of nitrogens with zero attached hydrogens (tertiary/aromatic N) is 3. The summed E-state index contributed by atoms with van der Waals surface area (Å²) < 4.78 is 16.5. The van der Waals surface area contributed by atoms with Crippen molar-refractivity contribution in [3.8, 4) is 0 Å². The van der Waals surface area contributed by atoms with Crippen molar-refractivity contribution < 1.29 is 52.9 Å². The van der Waals surface area contributed by atoms with Crippen LogP contribution in [0.2, 0.25) is 0 Å². The Labute approximate surface area is 329 Å². The molecule has 0 aliphatic carbocycles. The highest BCUT2D eigenvalue weighted by molar-refractivity contribution is 8.00. The first-order valence-corrected chi connectivity index (χ1v) is 19.0. The number of carboxylic acid groups (broad SMARTS) is 1. The SMILES string of the molecule is C=CC1(C(=O)O)CS[C@@H]2C(NC(=O)C(=NOCC(=O)OCC(NC(=O)OC(C)(C)C)C(=O)OC(c3ccccc3)c3ccccc3)c3csc(N)n3)C(=O)N2C1. The predicted octanol–water partition coefficient (Wildman–Crippen LogP) is 2.87. The first-order valence-electron chi connectivity index (χ1n) is 17.1. The van der Waals surface area contributed by atoms with Gasteiger partial charge in [0.05, 0.1) is 0 Å². The third kappa shape index (κ3) is 10.0. The summed E-state index contributed by atoms with van der Waals surface area (Å²) in [6.07, 6.45) is -0.535. The highest BCUT2D eigenvalue weighted by atomic mass is 32.2. The smallest absolute Gasteiger partial charge is 0.408 e. The van der Waals surface area contributed by atoms with E-state index in [1.54, 1.807) is 69.3 Å². The Kier molecular flexibility index (Phi) is 13.0.